The van der Waals surface area contributed by atoms with E-state index >= 15 is 0 Å². The molecule has 1 aliphatic rings. The highest BCUT2D eigenvalue weighted by atomic mass is 16.4. The minimum Gasteiger partial charge on any atom is -0.480 e. The first kappa shape index (κ1) is 9.98. The number of piperidine rings is 1. The lowest BCUT2D eigenvalue weighted by Crippen LogP contribution is -2.45. The summed E-state index contributed by atoms with van der Waals surface area (Å²) in [5.41, 5.74) is 5.39. The minimum absolute atomic E-state index is 0.115. The van der Waals surface area contributed by atoms with Gasteiger partial charge in [0.2, 0.25) is 5.91 Å². The highest BCUT2D eigenvalue weighted by Gasteiger charge is 2.28. The van der Waals surface area contributed by atoms with Crippen molar-refractivity contribution in [1.82, 2.24) is 4.90 Å². The number of aliphatic carboxylic acids is 1. The highest BCUT2D eigenvalue weighted by molar-refractivity contribution is 5.83. The van der Waals surface area contributed by atoms with Gasteiger partial charge in [-0.15, -0.1) is 0 Å². The molecular weight excluding hydrogens is 172 g/mol. The van der Waals surface area contributed by atoms with Crippen LogP contribution in [-0.2, 0) is 9.59 Å². The number of nitrogens with zero attached hydrogens (tertiary/aromatic N) is 1. The fourth-order valence-electron chi connectivity index (χ4n) is 1.56. The zero-order valence-corrected chi connectivity index (χ0v) is 7.40. The van der Waals surface area contributed by atoms with E-state index in [-0.39, 0.29) is 18.4 Å². The van der Waals surface area contributed by atoms with Gasteiger partial charge in [0.25, 0.3) is 0 Å². The quantitative estimate of drug-likeness (QED) is 0.608. The number of carbonyl (C=O) groups excluding carboxylic acids is 1. The Kier molecular flexibility index (Phi) is 3.25. The molecule has 0 aromatic heterocycles. The number of likely N-dealkylation sites (tertiary alicyclic amines) is 1. The van der Waals surface area contributed by atoms with Crippen molar-refractivity contribution in [1.29, 1.82) is 0 Å². The van der Waals surface area contributed by atoms with Crippen LogP contribution in [0.15, 0.2) is 0 Å². The van der Waals surface area contributed by atoms with Gasteiger partial charge in [0.1, 0.15) is 6.54 Å². The van der Waals surface area contributed by atoms with Gasteiger partial charge in [0.15, 0.2) is 0 Å². The van der Waals surface area contributed by atoms with Crippen LogP contribution in [-0.4, -0.2) is 41.5 Å². The van der Waals surface area contributed by atoms with Crippen molar-refractivity contribution >= 4 is 11.9 Å². The highest BCUT2D eigenvalue weighted by Crippen LogP contribution is 2.16. The van der Waals surface area contributed by atoms with Crippen molar-refractivity contribution < 1.29 is 14.7 Å². The standard InChI is InChI=1S/C8H14N2O3/c9-4-6-2-1-3-10(8(6)13)5-7(11)12/h6H,1-5,9H2,(H,11,12). The molecule has 1 rings (SSSR count). The van der Waals surface area contributed by atoms with Gasteiger partial charge in [-0.3, -0.25) is 9.59 Å². The molecular formula is C8H14N2O3. The predicted octanol–water partition coefficient (Wildman–Crippen LogP) is -0.732. The maximum Gasteiger partial charge on any atom is 0.323 e. The fraction of sp³-hybridized carbons (Fsp3) is 0.750. The van der Waals surface area contributed by atoms with E-state index in [1.54, 1.807) is 0 Å². The van der Waals surface area contributed by atoms with E-state index in [1.807, 2.05) is 0 Å². The first-order chi connectivity index (χ1) is 6.15. The third kappa shape index (κ3) is 2.42. The Morgan fingerprint density at radius 1 is 1.69 bits per heavy atom. The Hall–Kier alpha value is -1.10. The second-order valence-electron chi connectivity index (χ2n) is 3.23. The molecule has 13 heavy (non-hydrogen) atoms. The van der Waals surface area contributed by atoms with Gasteiger partial charge in [0, 0.05) is 13.1 Å². The molecule has 1 fully saturated rings. The SMILES string of the molecule is NCC1CCCN(CC(=O)O)C1=O. The molecule has 1 atom stereocenters. The van der Waals surface area contributed by atoms with Crippen LogP contribution in [0.2, 0.25) is 0 Å². The van der Waals surface area contributed by atoms with Crippen LogP contribution >= 0.6 is 0 Å². The van der Waals surface area contributed by atoms with E-state index in [0.29, 0.717) is 13.1 Å². The molecule has 5 heteroatoms. The topological polar surface area (TPSA) is 83.6 Å². The molecule has 0 aliphatic carbocycles. The van der Waals surface area contributed by atoms with Crippen LogP contribution in [0.4, 0.5) is 0 Å². The molecule has 3 N–H and O–H groups in total. The van der Waals surface area contributed by atoms with Crippen LogP contribution in [0, 0.1) is 5.92 Å². The number of carbonyl (C=O) groups is 2. The Labute approximate surface area is 76.5 Å². The lowest BCUT2D eigenvalue weighted by molar-refractivity contribution is -0.147. The number of amides is 1. The number of nitrogens with two attached hydrogens (primary N) is 1. The summed E-state index contributed by atoms with van der Waals surface area (Å²) in [6.07, 6.45) is 1.63. The van der Waals surface area contributed by atoms with Crippen LogP contribution in [0.3, 0.4) is 0 Å². The van der Waals surface area contributed by atoms with Crippen molar-refractivity contribution in [3.8, 4) is 0 Å². The van der Waals surface area contributed by atoms with Gasteiger partial charge < -0.3 is 15.7 Å². The lowest BCUT2D eigenvalue weighted by Gasteiger charge is -2.30. The van der Waals surface area contributed by atoms with E-state index in [4.69, 9.17) is 10.8 Å². The van der Waals surface area contributed by atoms with Crippen LogP contribution < -0.4 is 5.73 Å². The minimum atomic E-state index is -0.967. The summed E-state index contributed by atoms with van der Waals surface area (Å²) in [4.78, 5) is 23.2. The first-order valence-corrected chi connectivity index (χ1v) is 4.35. The van der Waals surface area contributed by atoms with Crippen LogP contribution in [0.1, 0.15) is 12.8 Å². The second-order valence-corrected chi connectivity index (χ2v) is 3.23. The smallest absolute Gasteiger partial charge is 0.323 e. The van der Waals surface area contributed by atoms with Crippen molar-refractivity contribution in [2.45, 2.75) is 12.8 Å². The Balaban J connectivity index is 2.54. The van der Waals surface area contributed by atoms with E-state index < -0.39 is 5.97 Å². The van der Waals surface area contributed by atoms with Gasteiger partial charge in [0.05, 0.1) is 5.92 Å². The molecule has 1 unspecified atom stereocenters. The number of hydrogen-bond donors (Lipinski definition) is 2. The molecule has 5 nitrogen and oxygen atoms in total. The molecule has 74 valence electrons. The van der Waals surface area contributed by atoms with Crippen LogP contribution in [0.25, 0.3) is 0 Å². The maximum absolute atomic E-state index is 11.5. The Morgan fingerprint density at radius 2 is 2.38 bits per heavy atom. The summed E-state index contributed by atoms with van der Waals surface area (Å²) >= 11 is 0. The van der Waals surface area contributed by atoms with Gasteiger partial charge >= 0.3 is 5.97 Å². The molecule has 1 heterocycles. The summed E-state index contributed by atoms with van der Waals surface area (Å²) in [6, 6.07) is 0. The summed E-state index contributed by atoms with van der Waals surface area (Å²) < 4.78 is 0. The first-order valence-electron chi connectivity index (χ1n) is 4.35. The molecule has 0 spiro atoms. The Morgan fingerprint density at radius 3 is 2.92 bits per heavy atom. The molecule has 0 bridgehead atoms. The van der Waals surface area contributed by atoms with E-state index in [1.165, 1.54) is 4.90 Å². The average molecular weight is 186 g/mol. The summed E-state index contributed by atoms with van der Waals surface area (Å²) in [6.45, 7) is 0.659. The average Bonchev–Trinajstić information content (AvgIpc) is 2.08. The van der Waals surface area contributed by atoms with Gasteiger partial charge in [-0.05, 0) is 12.8 Å². The normalized spacial score (nSPS) is 23.3. The monoisotopic (exact) mass is 186 g/mol. The van der Waals surface area contributed by atoms with Gasteiger partial charge in [-0.1, -0.05) is 0 Å². The van der Waals surface area contributed by atoms with Gasteiger partial charge in [-0.2, -0.15) is 0 Å². The maximum atomic E-state index is 11.5. The third-order valence-corrected chi connectivity index (χ3v) is 2.25. The summed E-state index contributed by atoms with van der Waals surface area (Å²) in [5.74, 6) is -1.25. The largest absolute Gasteiger partial charge is 0.480 e. The number of hydrogen-bond acceptors (Lipinski definition) is 3. The molecule has 1 aliphatic heterocycles. The molecule has 0 aromatic rings. The number of carboxylic acid groups (broad SMARTS) is 1. The fourth-order valence-corrected chi connectivity index (χ4v) is 1.56. The zero-order chi connectivity index (χ0) is 9.84. The lowest BCUT2D eigenvalue weighted by atomic mass is 9.97. The molecule has 1 saturated heterocycles. The second kappa shape index (κ2) is 4.23. The van der Waals surface area contributed by atoms with Crippen molar-refractivity contribution in [2.75, 3.05) is 19.6 Å². The van der Waals surface area contributed by atoms with Gasteiger partial charge in [-0.25, -0.2) is 0 Å². The Bertz CT molecular complexity index is 217. The summed E-state index contributed by atoms with van der Waals surface area (Å²) in [5, 5.41) is 8.52. The van der Waals surface area contributed by atoms with E-state index in [0.717, 1.165) is 12.8 Å². The van der Waals surface area contributed by atoms with Crippen LogP contribution in [0.5, 0.6) is 0 Å². The summed E-state index contributed by atoms with van der Waals surface area (Å²) in [7, 11) is 0. The van der Waals surface area contributed by atoms with E-state index in [9.17, 15) is 9.59 Å². The number of carboxylic acids is 1. The molecule has 0 saturated carbocycles. The molecule has 1 amide bonds. The van der Waals surface area contributed by atoms with Crippen molar-refractivity contribution in [3.05, 3.63) is 0 Å². The zero-order valence-electron chi connectivity index (χ0n) is 7.40. The predicted molar refractivity (Wildman–Crippen MR) is 46.0 cm³/mol. The van der Waals surface area contributed by atoms with Crippen molar-refractivity contribution in [2.24, 2.45) is 11.7 Å². The number of rotatable bonds is 3. The molecule has 0 radical (unpaired) electrons. The third-order valence-electron chi connectivity index (χ3n) is 2.25. The molecule has 0 aromatic carbocycles. The van der Waals surface area contributed by atoms with Crippen molar-refractivity contribution in [3.63, 3.8) is 0 Å². The van der Waals surface area contributed by atoms with E-state index in [2.05, 4.69) is 0 Å².